The van der Waals surface area contributed by atoms with Crippen molar-refractivity contribution in [3.05, 3.63) is 58.9 Å². The molecule has 0 saturated carbocycles. The van der Waals surface area contributed by atoms with E-state index < -0.39 is 0 Å². The van der Waals surface area contributed by atoms with E-state index in [0.29, 0.717) is 34.7 Å². The van der Waals surface area contributed by atoms with Crippen LogP contribution in [0.25, 0.3) is 11.5 Å². The van der Waals surface area contributed by atoms with E-state index in [1.165, 1.54) is 0 Å². The maximum Gasteiger partial charge on any atom is 0.247 e. The molecule has 1 N–H and O–H groups in total. The lowest BCUT2D eigenvalue weighted by atomic mass is 10.1. The van der Waals surface area contributed by atoms with Crippen LogP contribution in [0, 0.1) is 6.92 Å². The molecular weight excluding hydrogens is 378 g/mol. The molecule has 0 fully saturated rings. The Labute approximate surface area is 168 Å². The van der Waals surface area contributed by atoms with Crippen LogP contribution in [0.4, 0.5) is 5.69 Å². The lowest BCUT2D eigenvalue weighted by Crippen LogP contribution is -2.12. The summed E-state index contributed by atoms with van der Waals surface area (Å²) in [7, 11) is 0. The number of aryl methyl sites for hydroxylation is 2. The van der Waals surface area contributed by atoms with Gasteiger partial charge in [-0.3, -0.25) is 4.79 Å². The average molecular weight is 400 g/mol. The molecule has 1 heterocycles. The van der Waals surface area contributed by atoms with E-state index in [9.17, 15) is 4.79 Å². The number of aromatic nitrogens is 2. The van der Waals surface area contributed by atoms with Gasteiger partial charge in [0.2, 0.25) is 17.7 Å². The second-order valence-corrected chi connectivity index (χ2v) is 7.13. The van der Waals surface area contributed by atoms with Crippen molar-refractivity contribution in [2.24, 2.45) is 0 Å². The molecule has 0 unspecified atom stereocenters. The maximum atomic E-state index is 12.2. The van der Waals surface area contributed by atoms with E-state index in [1.54, 1.807) is 18.2 Å². The largest absolute Gasteiger partial charge is 0.489 e. The summed E-state index contributed by atoms with van der Waals surface area (Å²) in [5, 5.41) is 11.3. The van der Waals surface area contributed by atoms with Gasteiger partial charge in [0.25, 0.3) is 0 Å². The Morgan fingerprint density at radius 2 is 1.93 bits per heavy atom. The summed E-state index contributed by atoms with van der Waals surface area (Å²) in [4.78, 5) is 12.2. The summed E-state index contributed by atoms with van der Waals surface area (Å²) in [6, 6.07) is 13.0. The predicted molar refractivity (Wildman–Crippen MR) is 109 cm³/mol. The zero-order valence-corrected chi connectivity index (χ0v) is 16.8. The van der Waals surface area contributed by atoms with Crippen LogP contribution in [-0.2, 0) is 11.2 Å². The third kappa shape index (κ3) is 5.33. The second kappa shape index (κ2) is 8.89. The van der Waals surface area contributed by atoms with Gasteiger partial charge in [-0.25, -0.2) is 0 Å². The summed E-state index contributed by atoms with van der Waals surface area (Å²) in [6.07, 6.45) is 0.599. The van der Waals surface area contributed by atoms with Crippen LogP contribution in [0.15, 0.2) is 46.9 Å². The third-order valence-corrected chi connectivity index (χ3v) is 4.20. The first-order valence-corrected chi connectivity index (χ1v) is 9.44. The van der Waals surface area contributed by atoms with Crippen molar-refractivity contribution in [2.45, 2.75) is 39.7 Å². The summed E-state index contributed by atoms with van der Waals surface area (Å²) in [5.74, 6) is 1.29. The van der Waals surface area contributed by atoms with Gasteiger partial charge in [-0.1, -0.05) is 29.3 Å². The molecule has 6 nitrogen and oxygen atoms in total. The lowest BCUT2D eigenvalue weighted by Gasteiger charge is -2.12. The van der Waals surface area contributed by atoms with Gasteiger partial charge < -0.3 is 14.5 Å². The number of hydrogen-bond donors (Lipinski definition) is 1. The average Bonchev–Trinajstić information content (AvgIpc) is 3.12. The molecule has 0 aliphatic carbocycles. The van der Waals surface area contributed by atoms with Crippen LogP contribution >= 0.6 is 11.6 Å². The molecule has 0 aliphatic heterocycles. The number of rotatable bonds is 7. The van der Waals surface area contributed by atoms with Crippen molar-refractivity contribution in [2.75, 3.05) is 5.32 Å². The molecule has 7 heteroatoms. The molecule has 0 aliphatic rings. The number of carbonyl (C=O) groups is 1. The zero-order chi connectivity index (χ0) is 20.1. The standard InChI is InChI=1S/C21H22ClN3O3/c1-13(2)27-18-9-8-16(12-17(18)22)23-19(26)10-11-20-24-25-21(28-20)15-6-4-14(3)5-7-15/h4-9,12-13H,10-11H2,1-3H3,(H,23,26). The van der Waals surface area contributed by atoms with E-state index in [1.807, 2.05) is 45.0 Å². The van der Waals surface area contributed by atoms with Gasteiger partial charge in [0.05, 0.1) is 11.1 Å². The molecule has 1 aromatic heterocycles. The molecule has 3 aromatic rings. The highest BCUT2D eigenvalue weighted by molar-refractivity contribution is 6.32. The highest BCUT2D eigenvalue weighted by Crippen LogP contribution is 2.28. The summed E-state index contributed by atoms with van der Waals surface area (Å²) in [5.41, 5.74) is 2.62. The number of anilines is 1. The van der Waals surface area contributed by atoms with E-state index in [4.69, 9.17) is 20.8 Å². The van der Waals surface area contributed by atoms with E-state index in [0.717, 1.165) is 11.1 Å². The molecule has 3 rings (SSSR count). The molecule has 1 amide bonds. The third-order valence-electron chi connectivity index (χ3n) is 3.91. The molecule has 146 valence electrons. The summed E-state index contributed by atoms with van der Waals surface area (Å²) in [6.45, 7) is 5.86. The van der Waals surface area contributed by atoms with E-state index in [2.05, 4.69) is 15.5 Å². The first-order valence-electron chi connectivity index (χ1n) is 9.06. The minimum atomic E-state index is -0.163. The molecule has 0 spiro atoms. The number of carbonyl (C=O) groups excluding carboxylic acids is 1. The number of nitrogens with one attached hydrogen (secondary N) is 1. The fourth-order valence-corrected chi connectivity index (χ4v) is 2.76. The van der Waals surface area contributed by atoms with Crippen LogP contribution in [0.5, 0.6) is 5.75 Å². The SMILES string of the molecule is Cc1ccc(-c2nnc(CCC(=O)Nc3ccc(OC(C)C)c(Cl)c3)o2)cc1. The normalized spacial score (nSPS) is 10.9. The number of halogens is 1. The van der Waals surface area contributed by atoms with Gasteiger partial charge in [-0.2, -0.15) is 0 Å². The lowest BCUT2D eigenvalue weighted by molar-refractivity contribution is -0.116. The predicted octanol–water partition coefficient (Wildman–Crippen LogP) is 5.06. The Hall–Kier alpha value is -2.86. The maximum absolute atomic E-state index is 12.2. The number of hydrogen-bond acceptors (Lipinski definition) is 5. The molecule has 28 heavy (non-hydrogen) atoms. The minimum absolute atomic E-state index is 0.0251. The fraction of sp³-hybridized carbons (Fsp3) is 0.286. The molecule has 0 atom stereocenters. The van der Waals surface area contributed by atoms with Crippen LogP contribution in [0.2, 0.25) is 5.02 Å². The van der Waals surface area contributed by atoms with Crippen molar-refractivity contribution in [3.8, 4) is 17.2 Å². The van der Waals surface area contributed by atoms with Crippen molar-refractivity contribution in [1.82, 2.24) is 10.2 Å². The quantitative estimate of drug-likeness (QED) is 0.601. The van der Waals surface area contributed by atoms with Crippen molar-refractivity contribution < 1.29 is 13.9 Å². The highest BCUT2D eigenvalue weighted by atomic mass is 35.5. The number of amides is 1. The number of benzene rings is 2. The van der Waals surface area contributed by atoms with Crippen molar-refractivity contribution in [3.63, 3.8) is 0 Å². The molecular formula is C21H22ClN3O3. The van der Waals surface area contributed by atoms with Gasteiger partial charge in [0.15, 0.2) is 0 Å². The molecule has 0 saturated heterocycles. The first-order chi connectivity index (χ1) is 13.4. The fourth-order valence-electron chi connectivity index (χ4n) is 2.54. The van der Waals surface area contributed by atoms with Gasteiger partial charge in [0, 0.05) is 24.1 Å². The van der Waals surface area contributed by atoms with Crippen molar-refractivity contribution >= 4 is 23.2 Å². The van der Waals surface area contributed by atoms with Crippen LogP contribution < -0.4 is 10.1 Å². The van der Waals surface area contributed by atoms with Crippen LogP contribution in [-0.4, -0.2) is 22.2 Å². The Morgan fingerprint density at radius 1 is 1.18 bits per heavy atom. The Morgan fingerprint density at radius 3 is 2.61 bits per heavy atom. The Bertz CT molecular complexity index is 952. The molecule has 0 radical (unpaired) electrons. The van der Waals surface area contributed by atoms with E-state index in [-0.39, 0.29) is 18.4 Å². The summed E-state index contributed by atoms with van der Waals surface area (Å²) >= 11 is 6.19. The Kier molecular flexibility index (Phi) is 6.31. The summed E-state index contributed by atoms with van der Waals surface area (Å²) < 4.78 is 11.2. The van der Waals surface area contributed by atoms with E-state index >= 15 is 0 Å². The van der Waals surface area contributed by atoms with Gasteiger partial charge in [0.1, 0.15) is 5.75 Å². The van der Waals surface area contributed by atoms with Crippen LogP contribution in [0.3, 0.4) is 0 Å². The van der Waals surface area contributed by atoms with Gasteiger partial charge >= 0.3 is 0 Å². The molecule has 2 aromatic carbocycles. The Balaban J connectivity index is 1.55. The monoisotopic (exact) mass is 399 g/mol. The smallest absolute Gasteiger partial charge is 0.247 e. The highest BCUT2D eigenvalue weighted by Gasteiger charge is 2.12. The van der Waals surface area contributed by atoms with Gasteiger partial charge in [-0.15, -0.1) is 10.2 Å². The van der Waals surface area contributed by atoms with Crippen LogP contribution in [0.1, 0.15) is 31.7 Å². The number of nitrogens with zero attached hydrogens (tertiary/aromatic N) is 2. The first kappa shape index (κ1) is 19.9. The minimum Gasteiger partial charge on any atom is -0.489 e. The number of ether oxygens (including phenoxy) is 1. The molecule has 0 bridgehead atoms. The topological polar surface area (TPSA) is 77.2 Å². The second-order valence-electron chi connectivity index (χ2n) is 6.73. The van der Waals surface area contributed by atoms with Gasteiger partial charge in [-0.05, 0) is 51.1 Å². The van der Waals surface area contributed by atoms with Crippen molar-refractivity contribution in [1.29, 1.82) is 0 Å². The zero-order valence-electron chi connectivity index (χ0n) is 16.0.